The van der Waals surface area contributed by atoms with Crippen molar-refractivity contribution in [2.24, 2.45) is 5.92 Å². The number of carbonyl (C=O) groups is 3. The Kier molecular flexibility index (Phi) is 8.41. The second-order valence-electron chi connectivity index (χ2n) is 10.3. The molecule has 0 bridgehead atoms. The van der Waals surface area contributed by atoms with Crippen LogP contribution < -0.4 is 40.0 Å². The number of ether oxygens (including phenoxy) is 1. The van der Waals surface area contributed by atoms with Crippen LogP contribution in [0.1, 0.15) is 33.3 Å². The van der Waals surface area contributed by atoms with Gasteiger partial charge in [-0.25, -0.2) is 13.2 Å². The molecule has 2 aromatic rings. The third-order valence-electron chi connectivity index (χ3n) is 7.24. The number of nitrogens with zero attached hydrogens (tertiary/aromatic N) is 1. The van der Waals surface area contributed by atoms with E-state index < -0.39 is 68.1 Å². The molecular weight excluding hydrogens is 523 g/mol. The number of alkyl carbamates (subject to hydrolysis) is 1. The van der Waals surface area contributed by atoms with Gasteiger partial charge in [-0.05, 0) is 44.4 Å². The number of rotatable bonds is 7. The van der Waals surface area contributed by atoms with Gasteiger partial charge in [0, 0.05) is 6.54 Å². The van der Waals surface area contributed by atoms with Crippen molar-refractivity contribution >= 4 is 27.8 Å². The monoisotopic (exact) mass is 552 g/mol. The van der Waals surface area contributed by atoms with E-state index >= 15 is 0 Å². The van der Waals surface area contributed by atoms with Gasteiger partial charge >= 0.3 is 35.7 Å². The van der Waals surface area contributed by atoms with Crippen molar-refractivity contribution in [1.29, 1.82) is 0 Å². The van der Waals surface area contributed by atoms with Crippen LogP contribution in [0.25, 0.3) is 11.1 Å². The van der Waals surface area contributed by atoms with Crippen molar-refractivity contribution < 1.29 is 67.3 Å². The number of fused-ring (bicyclic) bond motifs is 1. The fourth-order valence-electron chi connectivity index (χ4n) is 5.02. The first-order valence-electron chi connectivity index (χ1n) is 11.8. The number of β-lactam (4-membered cyclic amide) rings is 1. The molecule has 12 heteroatoms. The van der Waals surface area contributed by atoms with Gasteiger partial charge in [0.2, 0.25) is 5.91 Å². The molecule has 2 heterocycles. The van der Waals surface area contributed by atoms with Gasteiger partial charge in [-0.3, -0.25) is 4.79 Å². The van der Waals surface area contributed by atoms with Crippen LogP contribution >= 0.6 is 0 Å². The van der Waals surface area contributed by atoms with Crippen LogP contribution in [-0.4, -0.2) is 65.2 Å². The summed E-state index contributed by atoms with van der Waals surface area (Å²) >= 11 is 0. The van der Waals surface area contributed by atoms with Crippen molar-refractivity contribution in [3.05, 3.63) is 60.2 Å². The topological polar surface area (TPSA) is 153 Å². The fraction of sp³-hybridized carbons (Fsp3) is 0.423. The standard InChI is InChI=1S/C26H30N2O8S.Na/c1-25(2,17-12-10-16(11-13-17)15-8-6-5-7-9-15)36-24(33)27-14-18(29)19-21(30)28-20(23(31)32)26(3,4)37(34,35)22(19)28;/h5-13,18-20,22,29H,14H2,1-4H3,(H,27,33)(H,31,32);/q;+1/p-1/t18?,19-,20+,22-;/m1./s1. The fourth-order valence-corrected chi connectivity index (χ4v) is 7.37. The Morgan fingerprint density at radius 1 is 1.11 bits per heavy atom. The van der Waals surface area contributed by atoms with Gasteiger partial charge in [0.1, 0.15) is 16.9 Å². The SMILES string of the molecule is CC(C)(OC(=O)NCC(O)[C@@H]1C(=O)N2[C@@H](C(=O)[O-])C(C)(C)S(=O)(=O)[C@H]12)c1ccc(-c2ccccc2)cc1.[Na+]. The normalized spacial score (nSPS) is 23.9. The van der Waals surface area contributed by atoms with Gasteiger partial charge in [-0.15, -0.1) is 0 Å². The molecule has 2 N–H and O–H groups in total. The molecule has 1 unspecified atom stereocenters. The molecule has 0 aromatic heterocycles. The second kappa shape index (κ2) is 10.6. The molecular formula is C26H29N2NaO8S. The van der Waals surface area contributed by atoms with E-state index in [4.69, 9.17) is 4.74 Å². The number of benzene rings is 2. The first-order valence-corrected chi connectivity index (χ1v) is 13.3. The Balaban J connectivity index is 0.00000400. The van der Waals surface area contributed by atoms with Crippen molar-refractivity contribution in [2.45, 2.75) is 55.6 Å². The molecule has 2 fully saturated rings. The zero-order valence-electron chi connectivity index (χ0n) is 21.9. The predicted molar refractivity (Wildman–Crippen MR) is 131 cm³/mol. The Labute approximate surface area is 243 Å². The van der Waals surface area contributed by atoms with Crippen LogP contribution in [0.15, 0.2) is 54.6 Å². The van der Waals surface area contributed by atoms with Crippen LogP contribution in [0.5, 0.6) is 0 Å². The molecule has 2 saturated heterocycles. The smallest absolute Gasteiger partial charge is 0.548 e. The summed E-state index contributed by atoms with van der Waals surface area (Å²) < 4.78 is 29.6. The molecule has 2 aliphatic rings. The van der Waals surface area contributed by atoms with Crippen LogP contribution in [0.2, 0.25) is 0 Å². The van der Waals surface area contributed by atoms with Crippen LogP contribution in [0, 0.1) is 5.92 Å². The number of carboxylic acid groups (broad SMARTS) is 1. The summed E-state index contributed by atoms with van der Waals surface area (Å²) in [4.78, 5) is 37.4. The van der Waals surface area contributed by atoms with Gasteiger partial charge in [0.25, 0.3) is 0 Å². The van der Waals surface area contributed by atoms with Gasteiger partial charge in [0.15, 0.2) is 9.84 Å². The largest absolute Gasteiger partial charge is 1.00 e. The minimum Gasteiger partial charge on any atom is -0.548 e. The molecule has 2 aliphatic heterocycles. The number of carboxylic acids is 1. The number of aliphatic carboxylic acids is 1. The molecule has 198 valence electrons. The summed E-state index contributed by atoms with van der Waals surface area (Å²) in [5, 5.41) is 23.0. The Hall–Kier alpha value is -2.44. The first-order chi connectivity index (χ1) is 17.2. The summed E-state index contributed by atoms with van der Waals surface area (Å²) in [5.41, 5.74) is 1.73. The van der Waals surface area contributed by atoms with E-state index in [0.29, 0.717) is 0 Å². The predicted octanol–water partition coefficient (Wildman–Crippen LogP) is -2.21. The third kappa shape index (κ3) is 4.98. The van der Waals surface area contributed by atoms with Crippen LogP contribution in [-0.2, 0) is 29.8 Å². The Morgan fingerprint density at radius 2 is 1.66 bits per heavy atom. The molecule has 4 rings (SSSR count). The zero-order chi connectivity index (χ0) is 27.3. The molecule has 0 radical (unpaired) electrons. The number of carbonyl (C=O) groups excluding carboxylic acids is 3. The molecule has 10 nitrogen and oxygen atoms in total. The summed E-state index contributed by atoms with van der Waals surface area (Å²) in [6.07, 6.45) is -2.44. The maximum absolute atomic E-state index is 12.9. The van der Waals surface area contributed by atoms with Gasteiger partial charge < -0.3 is 30.0 Å². The molecule has 2 aromatic carbocycles. The van der Waals surface area contributed by atoms with E-state index in [1.807, 2.05) is 54.6 Å². The van der Waals surface area contributed by atoms with Crippen molar-refractivity contribution in [3.8, 4) is 11.1 Å². The Bertz CT molecular complexity index is 1330. The van der Waals surface area contributed by atoms with Gasteiger partial charge in [-0.2, -0.15) is 0 Å². The first kappa shape index (κ1) is 30.1. The molecule has 0 aliphatic carbocycles. The van der Waals surface area contributed by atoms with Crippen LogP contribution in [0.3, 0.4) is 0 Å². The number of hydrogen-bond donors (Lipinski definition) is 2. The molecule has 0 spiro atoms. The number of aliphatic hydroxyl groups excluding tert-OH is 1. The summed E-state index contributed by atoms with van der Waals surface area (Å²) in [7, 11) is -4.13. The van der Waals surface area contributed by atoms with Gasteiger partial charge in [-0.1, -0.05) is 54.6 Å². The van der Waals surface area contributed by atoms with Crippen molar-refractivity contribution in [2.75, 3.05) is 6.54 Å². The van der Waals surface area contributed by atoms with E-state index in [0.717, 1.165) is 21.6 Å². The van der Waals surface area contributed by atoms with Crippen molar-refractivity contribution in [3.63, 3.8) is 0 Å². The van der Waals surface area contributed by atoms with E-state index in [1.165, 1.54) is 13.8 Å². The van der Waals surface area contributed by atoms with E-state index in [-0.39, 0.29) is 29.6 Å². The van der Waals surface area contributed by atoms with E-state index in [1.54, 1.807) is 13.8 Å². The summed E-state index contributed by atoms with van der Waals surface area (Å²) in [6, 6.07) is 15.6. The minimum atomic E-state index is -4.13. The van der Waals surface area contributed by atoms with Gasteiger partial charge in [0.05, 0.1) is 22.9 Å². The molecule has 4 atom stereocenters. The maximum atomic E-state index is 12.9. The van der Waals surface area contributed by atoms with Crippen molar-refractivity contribution in [1.82, 2.24) is 10.2 Å². The molecule has 38 heavy (non-hydrogen) atoms. The number of amides is 2. The average Bonchev–Trinajstić information content (AvgIpc) is 2.97. The molecule has 2 amide bonds. The van der Waals surface area contributed by atoms with Crippen LogP contribution in [0.4, 0.5) is 4.79 Å². The van der Waals surface area contributed by atoms with E-state index in [9.17, 15) is 33.0 Å². The minimum absolute atomic E-state index is 0. The summed E-state index contributed by atoms with van der Waals surface area (Å²) in [6.45, 7) is 5.35. The Morgan fingerprint density at radius 3 is 2.21 bits per heavy atom. The average molecular weight is 553 g/mol. The number of sulfone groups is 1. The second-order valence-corrected chi connectivity index (χ2v) is 12.9. The number of hydrogen-bond acceptors (Lipinski definition) is 8. The zero-order valence-corrected chi connectivity index (χ0v) is 24.7. The number of aliphatic hydroxyl groups is 1. The quantitative estimate of drug-likeness (QED) is 0.290. The van der Waals surface area contributed by atoms with E-state index in [2.05, 4.69) is 5.32 Å². The summed E-state index contributed by atoms with van der Waals surface area (Å²) in [5.74, 6) is -3.92. The maximum Gasteiger partial charge on any atom is 1.00 e. The number of nitrogens with one attached hydrogen (secondary N) is 1. The molecule has 0 saturated carbocycles. The third-order valence-corrected chi connectivity index (χ3v) is 10.1.